The number of ether oxygens (including phenoxy) is 1. The van der Waals surface area contributed by atoms with Gasteiger partial charge < -0.3 is 9.64 Å². The Morgan fingerprint density at radius 3 is 2.67 bits per heavy atom. The molecule has 2 fully saturated rings. The molecular weight excluding hydrogens is 274 g/mol. The molecule has 8 nitrogen and oxygen atoms in total. The van der Waals surface area contributed by atoms with E-state index in [4.69, 9.17) is 4.74 Å². The van der Waals surface area contributed by atoms with Gasteiger partial charge in [0.2, 0.25) is 5.95 Å². The summed E-state index contributed by atoms with van der Waals surface area (Å²) in [6, 6.07) is 0.379. The highest BCUT2D eigenvalue weighted by atomic mass is 16.6. The van der Waals surface area contributed by atoms with Crippen LogP contribution in [0.2, 0.25) is 0 Å². The molecule has 2 saturated heterocycles. The maximum atomic E-state index is 10.7. The van der Waals surface area contributed by atoms with Gasteiger partial charge in [-0.25, -0.2) is 9.97 Å². The molecule has 0 N–H and O–H groups in total. The highest BCUT2D eigenvalue weighted by molar-refractivity contribution is 5.36. The van der Waals surface area contributed by atoms with Crippen LogP contribution >= 0.6 is 0 Å². The van der Waals surface area contributed by atoms with Crippen LogP contribution in [0, 0.1) is 10.1 Å². The van der Waals surface area contributed by atoms with Crippen LogP contribution in [0.25, 0.3) is 0 Å². The molecule has 114 valence electrons. The summed E-state index contributed by atoms with van der Waals surface area (Å²) in [5.41, 5.74) is -0.0670. The molecule has 3 rings (SSSR count). The first kappa shape index (κ1) is 14.2. The molecule has 1 atom stereocenters. The molecule has 2 aliphatic rings. The highest BCUT2D eigenvalue weighted by Crippen LogP contribution is 2.24. The van der Waals surface area contributed by atoms with Crippen LogP contribution < -0.4 is 4.90 Å². The van der Waals surface area contributed by atoms with Crippen LogP contribution in [0.15, 0.2) is 12.4 Å². The van der Waals surface area contributed by atoms with Crippen molar-refractivity contribution in [1.29, 1.82) is 0 Å². The summed E-state index contributed by atoms with van der Waals surface area (Å²) < 4.78 is 5.37. The molecule has 0 spiro atoms. The number of rotatable bonds is 4. The number of hydrogen-bond donors (Lipinski definition) is 0. The number of morpholine rings is 1. The SMILES string of the molecule is O=[N+]([O-])c1cnc(N2CCC[C@@H]2CN2CCOCC2)nc1. The normalized spacial score (nSPS) is 23.4. The topological polar surface area (TPSA) is 84.6 Å². The van der Waals surface area contributed by atoms with Crippen molar-refractivity contribution in [2.24, 2.45) is 0 Å². The van der Waals surface area contributed by atoms with E-state index in [2.05, 4.69) is 19.8 Å². The van der Waals surface area contributed by atoms with Crippen molar-refractivity contribution in [3.05, 3.63) is 22.5 Å². The van der Waals surface area contributed by atoms with E-state index in [-0.39, 0.29) is 5.69 Å². The number of nitro groups is 1. The van der Waals surface area contributed by atoms with Crippen molar-refractivity contribution >= 4 is 11.6 Å². The van der Waals surface area contributed by atoms with Gasteiger partial charge in [0.1, 0.15) is 12.4 Å². The zero-order valence-electron chi connectivity index (χ0n) is 11.8. The standard InChI is InChI=1S/C13H19N5O3/c19-18(20)12-8-14-13(15-9-12)17-3-1-2-11(17)10-16-4-6-21-7-5-16/h8-9,11H,1-7,10H2/t11-/m1/s1. The first-order valence-corrected chi connectivity index (χ1v) is 7.27. The maximum Gasteiger partial charge on any atom is 0.305 e. The maximum absolute atomic E-state index is 10.7. The first-order valence-electron chi connectivity index (χ1n) is 7.27. The van der Waals surface area contributed by atoms with Crippen molar-refractivity contribution in [3.8, 4) is 0 Å². The van der Waals surface area contributed by atoms with Gasteiger partial charge in [-0.3, -0.25) is 15.0 Å². The molecule has 0 radical (unpaired) electrons. The van der Waals surface area contributed by atoms with Gasteiger partial charge in [-0.15, -0.1) is 0 Å². The summed E-state index contributed by atoms with van der Waals surface area (Å²) in [6.07, 6.45) is 4.78. The van der Waals surface area contributed by atoms with Gasteiger partial charge in [-0.1, -0.05) is 0 Å². The highest BCUT2D eigenvalue weighted by Gasteiger charge is 2.29. The zero-order chi connectivity index (χ0) is 14.7. The molecule has 2 aliphatic heterocycles. The molecule has 21 heavy (non-hydrogen) atoms. The van der Waals surface area contributed by atoms with Crippen molar-refractivity contribution in [2.45, 2.75) is 18.9 Å². The molecule has 0 saturated carbocycles. The lowest BCUT2D eigenvalue weighted by Gasteiger charge is -2.32. The molecular formula is C13H19N5O3. The van der Waals surface area contributed by atoms with E-state index in [0.29, 0.717) is 12.0 Å². The predicted octanol–water partition coefficient (Wildman–Crippen LogP) is 0.686. The fourth-order valence-corrected chi connectivity index (χ4v) is 2.93. The Bertz CT molecular complexity index is 489. The summed E-state index contributed by atoms with van der Waals surface area (Å²) in [4.78, 5) is 23.1. The fraction of sp³-hybridized carbons (Fsp3) is 0.692. The summed E-state index contributed by atoms with van der Waals surface area (Å²) in [6.45, 7) is 5.40. The van der Waals surface area contributed by atoms with Gasteiger partial charge in [-0.05, 0) is 12.8 Å². The van der Waals surface area contributed by atoms with Crippen LogP contribution in [0.1, 0.15) is 12.8 Å². The Morgan fingerprint density at radius 2 is 2.00 bits per heavy atom. The first-order chi connectivity index (χ1) is 10.2. The van der Waals surface area contributed by atoms with Crippen molar-refractivity contribution in [2.75, 3.05) is 44.3 Å². The van der Waals surface area contributed by atoms with E-state index < -0.39 is 4.92 Å². The zero-order valence-corrected chi connectivity index (χ0v) is 11.8. The number of anilines is 1. The lowest BCUT2D eigenvalue weighted by atomic mass is 10.2. The predicted molar refractivity (Wildman–Crippen MR) is 76.3 cm³/mol. The Labute approximate surface area is 122 Å². The summed E-state index contributed by atoms with van der Waals surface area (Å²) in [7, 11) is 0. The molecule has 8 heteroatoms. The van der Waals surface area contributed by atoms with Gasteiger partial charge in [-0.2, -0.15) is 0 Å². The van der Waals surface area contributed by atoms with Crippen LogP contribution in [-0.2, 0) is 4.74 Å². The Kier molecular flexibility index (Phi) is 4.26. The van der Waals surface area contributed by atoms with E-state index in [0.717, 1.165) is 52.2 Å². The minimum atomic E-state index is -0.473. The number of nitrogens with zero attached hydrogens (tertiary/aromatic N) is 5. The second-order valence-corrected chi connectivity index (χ2v) is 5.40. The molecule has 0 aliphatic carbocycles. The third-order valence-corrected chi connectivity index (χ3v) is 4.04. The minimum absolute atomic E-state index is 0.0670. The average Bonchev–Trinajstić information content (AvgIpc) is 2.96. The molecule has 0 bridgehead atoms. The van der Waals surface area contributed by atoms with Crippen LogP contribution in [0.4, 0.5) is 11.6 Å². The molecule has 1 aromatic heterocycles. The monoisotopic (exact) mass is 293 g/mol. The lowest BCUT2D eigenvalue weighted by Crippen LogP contribution is -2.45. The Morgan fingerprint density at radius 1 is 1.29 bits per heavy atom. The second-order valence-electron chi connectivity index (χ2n) is 5.40. The third-order valence-electron chi connectivity index (χ3n) is 4.04. The van der Waals surface area contributed by atoms with Crippen molar-refractivity contribution in [3.63, 3.8) is 0 Å². The van der Waals surface area contributed by atoms with Gasteiger partial charge in [0.15, 0.2) is 0 Å². The van der Waals surface area contributed by atoms with Crippen molar-refractivity contribution < 1.29 is 9.66 Å². The largest absolute Gasteiger partial charge is 0.379 e. The molecule has 1 aromatic rings. The quantitative estimate of drug-likeness (QED) is 0.596. The average molecular weight is 293 g/mol. The number of aromatic nitrogens is 2. The van der Waals surface area contributed by atoms with Crippen LogP contribution in [-0.4, -0.2) is 65.2 Å². The summed E-state index contributed by atoms with van der Waals surface area (Å²) >= 11 is 0. The van der Waals surface area contributed by atoms with Crippen molar-refractivity contribution in [1.82, 2.24) is 14.9 Å². The van der Waals surface area contributed by atoms with E-state index in [1.165, 1.54) is 12.4 Å². The summed E-state index contributed by atoms with van der Waals surface area (Å²) in [5.74, 6) is 0.594. The van der Waals surface area contributed by atoms with Gasteiger partial charge >= 0.3 is 5.69 Å². The lowest BCUT2D eigenvalue weighted by molar-refractivity contribution is -0.385. The van der Waals surface area contributed by atoms with Gasteiger partial charge in [0.05, 0.1) is 18.1 Å². The van der Waals surface area contributed by atoms with E-state index >= 15 is 0 Å². The minimum Gasteiger partial charge on any atom is -0.379 e. The summed E-state index contributed by atoms with van der Waals surface area (Å²) in [5, 5.41) is 10.7. The van der Waals surface area contributed by atoms with E-state index in [1.807, 2.05) is 0 Å². The van der Waals surface area contributed by atoms with E-state index in [1.54, 1.807) is 0 Å². The Balaban J connectivity index is 1.66. The van der Waals surface area contributed by atoms with Gasteiger partial charge in [0, 0.05) is 32.2 Å². The van der Waals surface area contributed by atoms with E-state index in [9.17, 15) is 10.1 Å². The number of hydrogen-bond acceptors (Lipinski definition) is 7. The Hall–Kier alpha value is -1.80. The van der Waals surface area contributed by atoms with Crippen LogP contribution in [0.3, 0.4) is 0 Å². The fourth-order valence-electron chi connectivity index (χ4n) is 2.93. The third kappa shape index (κ3) is 3.27. The smallest absolute Gasteiger partial charge is 0.305 e. The molecule has 0 aromatic carbocycles. The molecule has 0 amide bonds. The van der Waals surface area contributed by atoms with Crippen LogP contribution in [0.5, 0.6) is 0 Å². The molecule has 3 heterocycles. The second kappa shape index (κ2) is 6.31. The molecule has 0 unspecified atom stereocenters. The van der Waals surface area contributed by atoms with Gasteiger partial charge in [0.25, 0.3) is 0 Å².